The molecule has 6 heteroatoms. The number of likely N-dealkylation sites (tertiary alicyclic amines) is 3. The maximum absolute atomic E-state index is 12.8. The number of nitrogens with zero attached hydrogens (tertiary/aromatic N) is 3. The molecule has 0 bridgehead atoms. The van der Waals surface area contributed by atoms with Crippen LogP contribution in [0.5, 0.6) is 0 Å². The van der Waals surface area contributed by atoms with E-state index in [1.165, 1.54) is 0 Å². The predicted molar refractivity (Wildman–Crippen MR) is 117 cm³/mol. The van der Waals surface area contributed by atoms with Crippen molar-refractivity contribution in [1.82, 2.24) is 20.0 Å². The van der Waals surface area contributed by atoms with E-state index in [0.717, 1.165) is 83.3 Å². The molecule has 3 aliphatic rings. The number of piperidine rings is 2. The van der Waals surface area contributed by atoms with E-state index in [9.17, 15) is 9.59 Å². The van der Waals surface area contributed by atoms with E-state index < -0.39 is 0 Å². The third kappa shape index (κ3) is 6.17. The molecule has 3 saturated heterocycles. The van der Waals surface area contributed by atoms with Gasteiger partial charge < -0.3 is 20.0 Å². The van der Waals surface area contributed by atoms with Gasteiger partial charge in [0, 0.05) is 51.9 Å². The first-order chi connectivity index (χ1) is 13.8. The molecule has 0 saturated carbocycles. The van der Waals surface area contributed by atoms with Gasteiger partial charge in [0.15, 0.2) is 0 Å². The van der Waals surface area contributed by atoms with Crippen LogP contribution in [0.25, 0.3) is 0 Å². The van der Waals surface area contributed by atoms with Crippen molar-refractivity contribution in [3.05, 3.63) is 0 Å². The second-order valence-electron chi connectivity index (χ2n) is 10.2. The zero-order valence-electron chi connectivity index (χ0n) is 19.0. The first kappa shape index (κ1) is 22.5. The van der Waals surface area contributed by atoms with Crippen LogP contribution in [0.15, 0.2) is 0 Å². The van der Waals surface area contributed by atoms with Gasteiger partial charge >= 0.3 is 0 Å². The summed E-state index contributed by atoms with van der Waals surface area (Å²) in [6, 6.07) is 0.350. The van der Waals surface area contributed by atoms with Gasteiger partial charge in [0.05, 0.1) is 12.5 Å². The molecule has 2 amide bonds. The summed E-state index contributed by atoms with van der Waals surface area (Å²) < 4.78 is 0. The molecule has 3 aliphatic heterocycles. The van der Waals surface area contributed by atoms with E-state index in [4.69, 9.17) is 0 Å². The number of hydrogen-bond donors (Lipinski definition) is 1. The zero-order chi connectivity index (χ0) is 21.0. The molecule has 3 rings (SSSR count). The van der Waals surface area contributed by atoms with Crippen LogP contribution in [0.2, 0.25) is 0 Å². The Balaban J connectivity index is 1.34. The van der Waals surface area contributed by atoms with Crippen LogP contribution in [0.1, 0.15) is 53.4 Å². The number of hydrogen-bond acceptors (Lipinski definition) is 4. The topological polar surface area (TPSA) is 55.9 Å². The Hall–Kier alpha value is -1.14. The third-order valence-electron chi connectivity index (χ3n) is 7.00. The van der Waals surface area contributed by atoms with Crippen molar-refractivity contribution in [1.29, 1.82) is 0 Å². The number of amides is 2. The van der Waals surface area contributed by atoms with Gasteiger partial charge in [-0.1, -0.05) is 27.7 Å². The predicted octanol–water partition coefficient (Wildman–Crippen LogP) is 2.05. The summed E-state index contributed by atoms with van der Waals surface area (Å²) in [4.78, 5) is 31.6. The summed E-state index contributed by atoms with van der Waals surface area (Å²) in [5.41, 5.74) is 0. The summed E-state index contributed by atoms with van der Waals surface area (Å²) in [5.74, 6) is 2.99. The first-order valence-corrected chi connectivity index (χ1v) is 11.9. The van der Waals surface area contributed by atoms with E-state index in [1.54, 1.807) is 0 Å². The van der Waals surface area contributed by atoms with Crippen molar-refractivity contribution in [3.63, 3.8) is 0 Å². The molecular weight excluding hydrogens is 364 g/mol. The summed E-state index contributed by atoms with van der Waals surface area (Å²) >= 11 is 0. The van der Waals surface area contributed by atoms with Gasteiger partial charge in [-0.3, -0.25) is 9.59 Å². The molecule has 0 unspecified atom stereocenters. The van der Waals surface area contributed by atoms with Crippen molar-refractivity contribution in [3.8, 4) is 0 Å². The van der Waals surface area contributed by atoms with E-state index in [1.807, 2.05) is 4.90 Å². The van der Waals surface area contributed by atoms with Crippen LogP contribution in [0.3, 0.4) is 0 Å². The van der Waals surface area contributed by atoms with Crippen molar-refractivity contribution in [2.45, 2.75) is 59.4 Å². The minimum absolute atomic E-state index is 0.235. The SMILES string of the molecule is CC(C)CN1CC(C(=O)N2CCC(C3CCN(C(=O)CNC(C)C)CC3)CC2)C1. The lowest BCUT2D eigenvalue weighted by Crippen LogP contribution is -2.56. The molecule has 0 aromatic rings. The molecule has 0 spiro atoms. The molecule has 29 heavy (non-hydrogen) atoms. The lowest BCUT2D eigenvalue weighted by molar-refractivity contribution is -0.143. The highest BCUT2D eigenvalue weighted by molar-refractivity contribution is 5.80. The largest absolute Gasteiger partial charge is 0.342 e. The Morgan fingerprint density at radius 2 is 1.38 bits per heavy atom. The smallest absolute Gasteiger partial charge is 0.236 e. The summed E-state index contributed by atoms with van der Waals surface area (Å²) in [6.45, 7) is 15.8. The Morgan fingerprint density at radius 1 is 0.862 bits per heavy atom. The number of carbonyl (C=O) groups excluding carboxylic acids is 2. The lowest BCUT2D eigenvalue weighted by Gasteiger charge is -2.44. The average Bonchev–Trinajstić information content (AvgIpc) is 2.68. The number of rotatable bonds is 7. The van der Waals surface area contributed by atoms with Crippen LogP contribution in [0.4, 0.5) is 0 Å². The molecule has 0 aliphatic carbocycles. The maximum Gasteiger partial charge on any atom is 0.236 e. The summed E-state index contributed by atoms with van der Waals surface area (Å²) in [7, 11) is 0. The minimum atomic E-state index is 0.235. The van der Waals surface area contributed by atoms with Gasteiger partial charge in [-0.05, 0) is 43.4 Å². The van der Waals surface area contributed by atoms with Crippen LogP contribution >= 0.6 is 0 Å². The van der Waals surface area contributed by atoms with Gasteiger partial charge in [-0.25, -0.2) is 0 Å². The fraction of sp³-hybridized carbons (Fsp3) is 0.913. The quantitative estimate of drug-likeness (QED) is 0.703. The number of carbonyl (C=O) groups is 2. The van der Waals surface area contributed by atoms with Gasteiger partial charge in [-0.2, -0.15) is 0 Å². The molecule has 0 atom stereocenters. The standard InChI is InChI=1S/C23H42N4O2/c1-17(2)14-25-15-21(16-25)23(29)27-11-7-20(8-12-27)19-5-9-26(10-6-19)22(28)13-24-18(3)4/h17-21,24H,5-16H2,1-4H3. The molecule has 166 valence electrons. The first-order valence-electron chi connectivity index (χ1n) is 11.9. The Bertz CT molecular complexity index is 543. The van der Waals surface area contributed by atoms with Gasteiger partial charge in [-0.15, -0.1) is 0 Å². The molecular formula is C23H42N4O2. The molecule has 0 radical (unpaired) electrons. The second kappa shape index (κ2) is 10.3. The van der Waals surface area contributed by atoms with Crippen molar-refractivity contribution >= 4 is 11.8 Å². The van der Waals surface area contributed by atoms with E-state index in [2.05, 4.69) is 42.8 Å². The summed E-state index contributed by atoms with van der Waals surface area (Å²) in [5, 5.41) is 3.23. The zero-order valence-corrected chi connectivity index (χ0v) is 19.0. The lowest BCUT2D eigenvalue weighted by atomic mass is 9.78. The molecule has 1 N–H and O–H groups in total. The van der Waals surface area contributed by atoms with E-state index in [-0.39, 0.29) is 11.8 Å². The van der Waals surface area contributed by atoms with Gasteiger partial charge in [0.2, 0.25) is 11.8 Å². The second-order valence-corrected chi connectivity index (χ2v) is 10.2. The normalized spacial score (nSPS) is 23.1. The van der Waals surface area contributed by atoms with E-state index >= 15 is 0 Å². The monoisotopic (exact) mass is 406 g/mol. The Labute approximate surface area is 177 Å². The maximum atomic E-state index is 12.8. The van der Waals surface area contributed by atoms with Crippen LogP contribution < -0.4 is 5.32 Å². The average molecular weight is 407 g/mol. The fourth-order valence-electron chi connectivity index (χ4n) is 5.26. The van der Waals surface area contributed by atoms with Gasteiger partial charge in [0.25, 0.3) is 0 Å². The van der Waals surface area contributed by atoms with Crippen LogP contribution in [-0.2, 0) is 9.59 Å². The molecule has 0 aromatic heterocycles. The van der Waals surface area contributed by atoms with Crippen molar-refractivity contribution in [2.75, 3.05) is 52.4 Å². The minimum Gasteiger partial charge on any atom is -0.342 e. The van der Waals surface area contributed by atoms with Crippen LogP contribution in [0, 0.1) is 23.7 Å². The highest BCUT2D eigenvalue weighted by atomic mass is 16.2. The highest BCUT2D eigenvalue weighted by Crippen LogP contribution is 2.33. The van der Waals surface area contributed by atoms with Crippen molar-refractivity contribution in [2.24, 2.45) is 23.7 Å². The highest BCUT2D eigenvalue weighted by Gasteiger charge is 2.37. The molecule has 3 fully saturated rings. The Morgan fingerprint density at radius 3 is 1.86 bits per heavy atom. The third-order valence-corrected chi connectivity index (χ3v) is 7.00. The summed E-state index contributed by atoms with van der Waals surface area (Å²) in [6.07, 6.45) is 4.53. The Kier molecular flexibility index (Phi) is 7.97. The van der Waals surface area contributed by atoms with E-state index in [0.29, 0.717) is 24.4 Å². The van der Waals surface area contributed by atoms with Crippen LogP contribution in [-0.4, -0.2) is 84.9 Å². The fourth-order valence-corrected chi connectivity index (χ4v) is 5.26. The van der Waals surface area contributed by atoms with Gasteiger partial charge in [0.1, 0.15) is 0 Å². The molecule has 6 nitrogen and oxygen atoms in total. The molecule has 0 aromatic carbocycles. The van der Waals surface area contributed by atoms with Crippen molar-refractivity contribution < 1.29 is 9.59 Å². The number of nitrogens with one attached hydrogen (secondary N) is 1. The molecule has 3 heterocycles.